The second-order valence-electron chi connectivity index (χ2n) is 7.92. The number of benzene rings is 1. The van der Waals surface area contributed by atoms with Crippen molar-refractivity contribution in [3.8, 4) is 5.75 Å². The molecule has 0 bridgehead atoms. The molecule has 3 heterocycles. The highest BCUT2D eigenvalue weighted by molar-refractivity contribution is 6.31. The minimum Gasteiger partial charge on any atom is -0.503 e. The number of rotatable bonds is 9. The van der Waals surface area contributed by atoms with E-state index < -0.39 is 23.5 Å². The Morgan fingerprint density at radius 1 is 1.30 bits per heavy atom. The largest absolute Gasteiger partial charge is 0.503 e. The van der Waals surface area contributed by atoms with Gasteiger partial charge in [-0.15, -0.1) is 0 Å². The van der Waals surface area contributed by atoms with Gasteiger partial charge >= 0.3 is 0 Å². The van der Waals surface area contributed by atoms with Crippen LogP contribution in [0.4, 0.5) is 0 Å². The molecule has 9 heteroatoms. The molecule has 1 atom stereocenters. The lowest BCUT2D eigenvalue weighted by Crippen LogP contribution is -2.32. The number of Topliss-reactive ketones (excluding diaryl/α,β-unsaturated/α-hetero) is 1. The van der Waals surface area contributed by atoms with Crippen molar-refractivity contribution in [3.63, 3.8) is 0 Å². The number of ketones is 1. The van der Waals surface area contributed by atoms with E-state index in [9.17, 15) is 14.7 Å². The molecule has 1 aliphatic heterocycles. The van der Waals surface area contributed by atoms with E-state index in [1.165, 1.54) is 24.3 Å². The van der Waals surface area contributed by atoms with Crippen LogP contribution >= 0.6 is 11.6 Å². The number of hydrogen-bond donors (Lipinski definition) is 1. The molecule has 33 heavy (non-hydrogen) atoms. The van der Waals surface area contributed by atoms with Crippen molar-refractivity contribution in [2.75, 3.05) is 20.3 Å². The summed E-state index contributed by atoms with van der Waals surface area (Å²) in [4.78, 5) is 27.8. The zero-order chi connectivity index (χ0) is 23.7. The molecule has 1 aliphatic rings. The van der Waals surface area contributed by atoms with Gasteiger partial charge in [0, 0.05) is 29.6 Å². The van der Waals surface area contributed by atoms with Crippen LogP contribution in [0.1, 0.15) is 42.6 Å². The van der Waals surface area contributed by atoms with E-state index in [-0.39, 0.29) is 24.0 Å². The van der Waals surface area contributed by atoms with Crippen LogP contribution in [-0.2, 0) is 9.53 Å². The van der Waals surface area contributed by atoms with Crippen LogP contribution in [0.25, 0.3) is 11.0 Å². The maximum Gasteiger partial charge on any atom is 0.290 e. The third-order valence-electron chi connectivity index (χ3n) is 5.35. The van der Waals surface area contributed by atoms with Crippen molar-refractivity contribution in [2.45, 2.75) is 32.4 Å². The molecule has 1 unspecified atom stereocenters. The molecule has 4 rings (SSSR count). The van der Waals surface area contributed by atoms with E-state index in [1.807, 2.05) is 13.8 Å². The van der Waals surface area contributed by atoms with Crippen molar-refractivity contribution >= 4 is 34.3 Å². The Bertz CT molecular complexity index is 1210. The fourth-order valence-corrected chi connectivity index (χ4v) is 4.11. The number of halogens is 1. The molecule has 0 saturated heterocycles. The van der Waals surface area contributed by atoms with Crippen molar-refractivity contribution in [3.05, 3.63) is 64.5 Å². The lowest BCUT2D eigenvalue weighted by Gasteiger charge is -2.24. The first-order chi connectivity index (χ1) is 15.8. The van der Waals surface area contributed by atoms with Crippen molar-refractivity contribution in [2.24, 2.45) is 0 Å². The second-order valence-corrected chi connectivity index (χ2v) is 8.35. The van der Waals surface area contributed by atoms with Gasteiger partial charge in [-0.1, -0.05) is 11.6 Å². The van der Waals surface area contributed by atoms with Crippen LogP contribution in [-0.4, -0.2) is 48.1 Å². The molecule has 8 nitrogen and oxygen atoms in total. The molecular formula is C24H24ClNO7. The molecule has 0 aliphatic carbocycles. The fraction of sp³-hybridized carbons (Fsp3) is 0.333. The number of carbonyl (C=O) groups is 2. The lowest BCUT2D eigenvalue weighted by molar-refractivity contribution is -0.129. The van der Waals surface area contributed by atoms with Crippen LogP contribution in [0.3, 0.4) is 0 Å². The highest BCUT2D eigenvalue weighted by Crippen LogP contribution is 2.40. The Kier molecular flexibility index (Phi) is 6.49. The van der Waals surface area contributed by atoms with E-state index in [0.717, 1.165) is 0 Å². The minimum absolute atomic E-state index is 0.0542. The molecule has 174 valence electrons. The lowest BCUT2D eigenvalue weighted by atomic mass is 9.99. The Morgan fingerprint density at radius 2 is 2.09 bits per heavy atom. The average Bonchev–Trinajstić information content (AvgIpc) is 3.50. The van der Waals surface area contributed by atoms with Gasteiger partial charge in [0.15, 0.2) is 22.9 Å². The molecule has 0 radical (unpaired) electrons. The number of furan rings is 2. The van der Waals surface area contributed by atoms with Gasteiger partial charge < -0.3 is 28.3 Å². The molecule has 2 aromatic heterocycles. The van der Waals surface area contributed by atoms with E-state index in [0.29, 0.717) is 40.5 Å². The Hall–Kier alpha value is -3.23. The quantitative estimate of drug-likeness (QED) is 0.341. The number of aliphatic hydroxyl groups is 1. The van der Waals surface area contributed by atoms with Gasteiger partial charge in [-0.3, -0.25) is 9.59 Å². The standard InChI is InChI=1S/C24H24ClNO7/c1-13(2)31-9-5-7-26-20(16-6-4-8-32-16)19(22(28)24(26)29)21(27)17-11-14-10-15(25)12-18(30-3)23(14)33-17/h4,6,8,10-13,20,28H,5,7,9H2,1-3H3. The van der Waals surface area contributed by atoms with Gasteiger partial charge in [-0.2, -0.15) is 0 Å². The monoisotopic (exact) mass is 473 g/mol. The first-order valence-corrected chi connectivity index (χ1v) is 10.9. The molecule has 0 saturated carbocycles. The van der Waals surface area contributed by atoms with Gasteiger partial charge in [0.25, 0.3) is 5.91 Å². The van der Waals surface area contributed by atoms with Crippen molar-refractivity contribution < 1.29 is 33.0 Å². The normalized spacial score (nSPS) is 16.5. The summed E-state index contributed by atoms with van der Waals surface area (Å²) in [7, 11) is 1.47. The fourth-order valence-electron chi connectivity index (χ4n) is 3.89. The average molecular weight is 474 g/mol. The Morgan fingerprint density at radius 3 is 2.76 bits per heavy atom. The maximum atomic E-state index is 13.5. The summed E-state index contributed by atoms with van der Waals surface area (Å²) >= 11 is 6.12. The van der Waals surface area contributed by atoms with Gasteiger partial charge in [-0.25, -0.2) is 0 Å². The number of aliphatic hydroxyl groups excluding tert-OH is 1. The highest BCUT2D eigenvalue weighted by atomic mass is 35.5. The van der Waals surface area contributed by atoms with E-state index in [1.54, 1.807) is 24.3 Å². The zero-order valence-electron chi connectivity index (χ0n) is 18.5. The summed E-state index contributed by atoms with van der Waals surface area (Å²) < 4.78 is 22.1. The smallest absolute Gasteiger partial charge is 0.290 e. The number of fused-ring (bicyclic) bond motifs is 1. The summed E-state index contributed by atoms with van der Waals surface area (Å²) in [6, 6.07) is 7.14. The third-order valence-corrected chi connectivity index (χ3v) is 5.56. The third kappa shape index (κ3) is 4.36. The van der Waals surface area contributed by atoms with Gasteiger partial charge in [0.1, 0.15) is 11.8 Å². The van der Waals surface area contributed by atoms with Crippen molar-refractivity contribution in [1.82, 2.24) is 4.90 Å². The number of methoxy groups -OCH3 is 1. The highest BCUT2D eigenvalue weighted by Gasteiger charge is 2.45. The molecule has 0 fully saturated rings. The maximum absolute atomic E-state index is 13.5. The number of carbonyl (C=O) groups excluding carboxylic acids is 2. The summed E-state index contributed by atoms with van der Waals surface area (Å²) in [6.07, 6.45) is 2.03. The van der Waals surface area contributed by atoms with Gasteiger partial charge in [-0.05, 0) is 44.5 Å². The summed E-state index contributed by atoms with van der Waals surface area (Å²) in [5.41, 5.74) is 0.232. The Balaban J connectivity index is 1.69. The van der Waals surface area contributed by atoms with Gasteiger partial charge in [0.2, 0.25) is 5.78 Å². The molecule has 1 aromatic carbocycles. The molecule has 1 amide bonds. The minimum atomic E-state index is -0.891. The van der Waals surface area contributed by atoms with E-state index in [4.69, 9.17) is 29.9 Å². The molecular weight excluding hydrogens is 450 g/mol. The first-order valence-electron chi connectivity index (χ1n) is 10.5. The number of nitrogens with zero attached hydrogens (tertiary/aromatic N) is 1. The summed E-state index contributed by atoms with van der Waals surface area (Å²) in [5.74, 6) is -1.24. The predicted octanol–water partition coefficient (Wildman–Crippen LogP) is 5.08. The SMILES string of the molecule is COc1cc(Cl)cc2cc(C(=O)C3=C(O)C(=O)N(CCCOC(C)C)C3c3ccco3)oc12. The topological polar surface area (TPSA) is 102 Å². The molecule has 3 aromatic rings. The zero-order valence-corrected chi connectivity index (χ0v) is 19.2. The summed E-state index contributed by atoms with van der Waals surface area (Å²) in [5, 5.41) is 11.7. The van der Waals surface area contributed by atoms with Crippen LogP contribution in [0, 0.1) is 0 Å². The number of hydrogen-bond acceptors (Lipinski definition) is 7. The predicted molar refractivity (Wildman–Crippen MR) is 121 cm³/mol. The van der Waals surface area contributed by atoms with Crippen molar-refractivity contribution in [1.29, 1.82) is 0 Å². The number of ether oxygens (including phenoxy) is 2. The van der Waals surface area contributed by atoms with Crippen LogP contribution < -0.4 is 4.74 Å². The summed E-state index contributed by atoms with van der Waals surface area (Å²) in [6.45, 7) is 4.54. The van der Waals surface area contributed by atoms with Crippen LogP contribution in [0.15, 0.2) is 56.8 Å². The second kappa shape index (κ2) is 9.33. The number of amides is 1. The van der Waals surface area contributed by atoms with Crippen LogP contribution in [0.5, 0.6) is 5.75 Å². The van der Waals surface area contributed by atoms with E-state index >= 15 is 0 Å². The van der Waals surface area contributed by atoms with Gasteiger partial charge in [0.05, 0.1) is 25.1 Å². The first kappa shape index (κ1) is 22.9. The Labute approximate surface area is 195 Å². The van der Waals surface area contributed by atoms with E-state index in [2.05, 4.69) is 0 Å². The van der Waals surface area contributed by atoms with Crippen LogP contribution in [0.2, 0.25) is 5.02 Å². The molecule has 0 spiro atoms. The molecule has 1 N–H and O–H groups in total.